The molecule has 0 radical (unpaired) electrons. The molecule has 0 aliphatic heterocycles. The SMILES string of the molecule is C1=Cc2c(n(-c3cccc4oc5ccccc5c34)c3cccc(-c4cccc(-c5ccccc5N(c5ccc(-c6ccccc6)cc5)c5ccc(-c6ccc(-c7ccccc7)cc6)cc5)c4)c23)CC1. The Balaban J connectivity index is 0.923. The third-order valence-electron chi connectivity index (χ3n) is 13.9. The summed E-state index contributed by atoms with van der Waals surface area (Å²) in [6.07, 6.45) is 6.64. The van der Waals surface area contributed by atoms with Crippen molar-refractivity contribution in [2.75, 3.05) is 4.90 Å². The third-order valence-corrected chi connectivity index (χ3v) is 13.9. The lowest BCUT2D eigenvalue weighted by Crippen LogP contribution is -2.11. The molecule has 3 heteroatoms. The maximum Gasteiger partial charge on any atom is 0.137 e. The lowest BCUT2D eigenvalue weighted by molar-refractivity contribution is 0.669. The van der Waals surface area contributed by atoms with Crippen LogP contribution in [0.1, 0.15) is 17.7 Å². The molecule has 10 aromatic carbocycles. The van der Waals surface area contributed by atoms with Gasteiger partial charge < -0.3 is 13.9 Å². The van der Waals surface area contributed by atoms with Crippen LogP contribution in [-0.4, -0.2) is 4.57 Å². The summed E-state index contributed by atoms with van der Waals surface area (Å²) in [5.41, 5.74) is 22.0. The van der Waals surface area contributed by atoms with Crippen LogP contribution < -0.4 is 4.90 Å². The van der Waals surface area contributed by atoms with E-state index in [-0.39, 0.29) is 0 Å². The molecule has 0 N–H and O–H groups in total. The first-order chi connectivity index (χ1) is 34.2. The van der Waals surface area contributed by atoms with Crippen LogP contribution in [-0.2, 0) is 6.42 Å². The Morgan fingerprint density at radius 3 is 1.58 bits per heavy atom. The Hall–Kier alpha value is -8.92. The number of aromatic nitrogens is 1. The smallest absolute Gasteiger partial charge is 0.137 e. The quantitative estimate of drug-likeness (QED) is 0.144. The van der Waals surface area contributed by atoms with Gasteiger partial charge in [-0.2, -0.15) is 0 Å². The van der Waals surface area contributed by atoms with E-state index in [4.69, 9.17) is 4.42 Å². The van der Waals surface area contributed by atoms with E-state index in [1.165, 1.54) is 66.7 Å². The molecule has 2 aromatic heterocycles. The molecule has 0 saturated heterocycles. The fourth-order valence-corrected chi connectivity index (χ4v) is 10.6. The molecule has 0 unspecified atom stereocenters. The molecule has 0 amide bonds. The molecular weight excluding hydrogens is 837 g/mol. The standard InChI is InChI=1S/C66H46N2O/c1-3-16-45(17-4-1)47-32-34-48(35-33-47)50-38-42-54(43-39-50)67(53-40-36-49(37-41-53)46-18-5-2-6-19-46)59-26-10-7-22-55(59)51-20-13-21-52(44-51)56-25-14-28-61-65(56)57-23-8-11-27-60(57)68(61)62-29-15-31-64-66(62)58-24-9-12-30-63(58)69-64/h1-10,12-26,28-44H,11,27H2. The van der Waals surface area contributed by atoms with Crippen molar-refractivity contribution in [3.63, 3.8) is 0 Å². The summed E-state index contributed by atoms with van der Waals surface area (Å²) in [7, 11) is 0. The normalized spacial score (nSPS) is 12.2. The lowest BCUT2D eigenvalue weighted by Gasteiger charge is -2.28. The van der Waals surface area contributed by atoms with E-state index < -0.39 is 0 Å². The molecule has 3 nitrogen and oxygen atoms in total. The summed E-state index contributed by atoms with van der Waals surface area (Å²) in [4.78, 5) is 2.40. The molecule has 1 aliphatic rings. The van der Waals surface area contributed by atoms with Crippen LogP contribution in [0.4, 0.5) is 17.1 Å². The zero-order valence-electron chi connectivity index (χ0n) is 38.0. The highest BCUT2D eigenvalue weighted by atomic mass is 16.3. The summed E-state index contributed by atoms with van der Waals surface area (Å²) in [5.74, 6) is 0. The van der Waals surface area contributed by atoms with Gasteiger partial charge in [-0.1, -0.05) is 194 Å². The Morgan fingerprint density at radius 1 is 0.391 bits per heavy atom. The summed E-state index contributed by atoms with van der Waals surface area (Å²) in [6.45, 7) is 0. The van der Waals surface area contributed by atoms with Crippen LogP contribution in [0.15, 0.2) is 253 Å². The highest BCUT2D eigenvalue weighted by molar-refractivity contribution is 6.11. The Labute approximate surface area is 402 Å². The fraction of sp³-hybridized carbons (Fsp3) is 0.0303. The van der Waals surface area contributed by atoms with E-state index in [2.05, 4.69) is 258 Å². The minimum Gasteiger partial charge on any atom is -0.456 e. The summed E-state index contributed by atoms with van der Waals surface area (Å²) in [5, 5.41) is 3.56. The molecule has 0 bridgehead atoms. The molecular formula is C66H46N2O. The largest absolute Gasteiger partial charge is 0.456 e. The van der Waals surface area contributed by atoms with Crippen molar-refractivity contribution in [2.24, 2.45) is 0 Å². The van der Waals surface area contributed by atoms with Crippen molar-refractivity contribution in [1.29, 1.82) is 0 Å². The number of rotatable bonds is 9. The minimum atomic E-state index is 0.907. The van der Waals surface area contributed by atoms with Crippen molar-refractivity contribution < 1.29 is 4.42 Å². The summed E-state index contributed by atoms with van der Waals surface area (Å²) >= 11 is 0. The molecule has 0 spiro atoms. The average Bonchev–Trinajstić information content (AvgIpc) is 3.98. The minimum absolute atomic E-state index is 0.907. The van der Waals surface area contributed by atoms with E-state index in [9.17, 15) is 0 Å². The first-order valence-electron chi connectivity index (χ1n) is 23.9. The maximum absolute atomic E-state index is 6.41. The molecule has 2 heterocycles. The summed E-state index contributed by atoms with van der Waals surface area (Å²) < 4.78 is 8.92. The number of nitrogens with zero attached hydrogens (tertiary/aromatic N) is 2. The number of allylic oxidation sites excluding steroid dienone is 1. The van der Waals surface area contributed by atoms with Gasteiger partial charge in [-0.3, -0.25) is 0 Å². The Kier molecular flexibility index (Phi) is 9.98. The molecule has 0 atom stereocenters. The van der Waals surface area contributed by atoms with Crippen LogP contribution in [0.25, 0.3) is 100 Å². The third kappa shape index (κ3) is 7.15. The molecule has 0 fully saturated rings. The van der Waals surface area contributed by atoms with Gasteiger partial charge in [0.2, 0.25) is 0 Å². The maximum atomic E-state index is 6.41. The lowest BCUT2D eigenvalue weighted by atomic mass is 9.93. The summed E-state index contributed by atoms with van der Waals surface area (Å²) in [6, 6.07) is 87.7. The van der Waals surface area contributed by atoms with Crippen LogP contribution in [0.3, 0.4) is 0 Å². The second-order valence-corrected chi connectivity index (χ2v) is 17.9. The van der Waals surface area contributed by atoms with Crippen molar-refractivity contribution in [3.05, 3.63) is 260 Å². The van der Waals surface area contributed by atoms with Gasteiger partial charge in [0.15, 0.2) is 0 Å². The zero-order chi connectivity index (χ0) is 45.7. The van der Waals surface area contributed by atoms with E-state index in [0.29, 0.717) is 0 Å². The predicted octanol–water partition coefficient (Wildman–Crippen LogP) is 18.3. The van der Waals surface area contributed by atoms with Gasteiger partial charge in [0.25, 0.3) is 0 Å². The Bertz CT molecular complexity index is 3860. The van der Waals surface area contributed by atoms with Gasteiger partial charge in [-0.05, 0) is 124 Å². The van der Waals surface area contributed by atoms with Gasteiger partial charge in [0.05, 0.1) is 22.3 Å². The molecule has 1 aliphatic carbocycles. The molecule has 326 valence electrons. The van der Waals surface area contributed by atoms with Crippen molar-refractivity contribution >= 4 is 56.0 Å². The number of hydrogen-bond donors (Lipinski definition) is 0. The van der Waals surface area contributed by atoms with E-state index in [1.807, 2.05) is 6.07 Å². The number of fused-ring (bicyclic) bond motifs is 6. The first-order valence-corrected chi connectivity index (χ1v) is 23.9. The number of para-hydroxylation sites is 2. The predicted molar refractivity (Wildman–Crippen MR) is 290 cm³/mol. The van der Waals surface area contributed by atoms with Crippen LogP contribution in [0, 0.1) is 0 Å². The van der Waals surface area contributed by atoms with Gasteiger partial charge in [-0.25, -0.2) is 0 Å². The number of furan rings is 1. The van der Waals surface area contributed by atoms with Crippen molar-refractivity contribution in [2.45, 2.75) is 12.8 Å². The fourth-order valence-electron chi connectivity index (χ4n) is 10.6. The second-order valence-electron chi connectivity index (χ2n) is 17.9. The van der Waals surface area contributed by atoms with Crippen molar-refractivity contribution in [3.8, 4) is 61.3 Å². The second kappa shape index (κ2) is 17.1. The average molecular weight is 883 g/mol. The number of hydrogen-bond acceptors (Lipinski definition) is 2. The van der Waals surface area contributed by atoms with Crippen LogP contribution >= 0.6 is 0 Å². The van der Waals surface area contributed by atoms with Gasteiger partial charge in [-0.15, -0.1) is 0 Å². The monoisotopic (exact) mass is 882 g/mol. The van der Waals surface area contributed by atoms with Gasteiger partial charge in [0.1, 0.15) is 11.2 Å². The molecule has 13 rings (SSSR count). The van der Waals surface area contributed by atoms with Crippen LogP contribution in [0.5, 0.6) is 0 Å². The molecule has 12 aromatic rings. The van der Waals surface area contributed by atoms with Gasteiger partial charge in [0, 0.05) is 39.0 Å². The van der Waals surface area contributed by atoms with E-state index in [0.717, 1.165) is 68.7 Å². The highest BCUT2D eigenvalue weighted by Gasteiger charge is 2.24. The molecule has 69 heavy (non-hydrogen) atoms. The molecule has 0 saturated carbocycles. The van der Waals surface area contributed by atoms with E-state index >= 15 is 0 Å². The van der Waals surface area contributed by atoms with Gasteiger partial charge >= 0.3 is 0 Å². The Morgan fingerprint density at radius 2 is 0.899 bits per heavy atom. The topological polar surface area (TPSA) is 21.3 Å². The van der Waals surface area contributed by atoms with Crippen LogP contribution in [0.2, 0.25) is 0 Å². The highest BCUT2D eigenvalue weighted by Crippen LogP contribution is 2.46. The first kappa shape index (κ1) is 40.4. The van der Waals surface area contributed by atoms with E-state index in [1.54, 1.807) is 0 Å². The number of benzene rings is 10. The van der Waals surface area contributed by atoms with Crippen molar-refractivity contribution in [1.82, 2.24) is 4.57 Å². The zero-order valence-corrected chi connectivity index (χ0v) is 38.0. The number of anilines is 3.